The molecule has 1 amide bonds. The number of carbonyl (C=O) groups excluding carboxylic acids is 1. The summed E-state index contributed by atoms with van der Waals surface area (Å²) in [6, 6.07) is 18.0. The van der Waals surface area contributed by atoms with Gasteiger partial charge in [0, 0.05) is 17.4 Å². The summed E-state index contributed by atoms with van der Waals surface area (Å²) in [5.74, 6) is 1.22. The molecule has 4 rings (SSSR count). The Bertz CT molecular complexity index is 1210. The predicted molar refractivity (Wildman–Crippen MR) is 120 cm³/mol. The van der Waals surface area contributed by atoms with E-state index in [9.17, 15) is 13.2 Å². The van der Waals surface area contributed by atoms with Crippen molar-refractivity contribution in [2.45, 2.75) is 11.8 Å². The Kier molecular flexibility index (Phi) is 6.18. The van der Waals surface area contributed by atoms with Crippen molar-refractivity contribution >= 4 is 27.3 Å². The number of fused-ring (bicyclic) bond motifs is 1. The minimum atomic E-state index is -3.73. The van der Waals surface area contributed by atoms with Crippen LogP contribution in [0.4, 0.5) is 11.4 Å². The van der Waals surface area contributed by atoms with Crippen LogP contribution in [0.3, 0.4) is 0 Å². The molecule has 0 fully saturated rings. The van der Waals surface area contributed by atoms with Crippen LogP contribution in [0, 0.1) is 6.92 Å². The van der Waals surface area contributed by atoms with Gasteiger partial charge in [0.25, 0.3) is 15.9 Å². The molecular weight excluding hydrogens is 432 g/mol. The summed E-state index contributed by atoms with van der Waals surface area (Å²) in [5, 5.41) is 2.72. The molecule has 0 bridgehead atoms. The van der Waals surface area contributed by atoms with Gasteiger partial charge in [-0.25, -0.2) is 8.42 Å². The zero-order chi connectivity index (χ0) is 22.6. The molecule has 0 saturated carbocycles. The van der Waals surface area contributed by atoms with Crippen LogP contribution in [0.5, 0.6) is 17.2 Å². The summed E-state index contributed by atoms with van der Waals surface area (Å²) in [4.78, 5) is 12.3. The molecule has 0 saturated heterocycles. The fourth-order valence-corrected chi connectivity index (χ4v) is 4.08. The van der Waals surface area contributed by atoms with Crippen LogP contribution in [-0.2, 0) is 14.8 Å². The summed E-state index contributed by atoms with van der Waals surface area (Å²) < 4.78 is 44.0. The van der Waals surface area contributed by atoms with E-state index < -0.39 is 10.0 Å². The average molecular weight is 455 g/mol. The Morgan fingerprint density at radius 3 is 2.28 bits per heavy atom. The number of hydrogen-bond acceptors (Lipinski definition) is 6. The second kappa shape index (κ2) is 9.19. The third kappa shape index (κ3) is 5.30. The maximum Gasteiger partial charge on any atom is 0.262 e. The van der Waals surface area contributed by atoms with Gasteiger partial charge in [-0.3, -0.25) is 9.52 Å². The molecule has 0 unspecified atom stereocenters. The zero-order valence-electron chi connectivity index (χ0n) is 17.3. The van der Waals surface area contributed by atoms with Crippen molar-refractivity contribution < 1.29 is 27.4 Å². The molecule has 0 radical (unpaired) electrons. The standard InChI is InChI=1S/C23H22N2O6S/c1-16-2-4-17(5-3-16)25-32(27,28)20-9-7-19(8-10-20)31-15-23(26)24-18-6-11-21-22(14-18)30-13-12-29-21/h2-11,14,25H,12-13,15H2,1H3,(H,24,26). The van der Waals surface area contributed by atoms with E-state index in [1.165, 1.54) is 24.3 Å². The van der Waals surface area contributed by atoms with E-state index in [0.29, 0.717) is 41.8 Å². The second-order valence-electron chi connectivity index (χ2n) is 7.14. The third-order valence-electron chi connectivity index (χ3n) is 4.63. The number of sulfonamides is 1. The van der Waals surface area contributed by atoms with E-state index in [2.05, 4.69) is 10.0 Å². The molecular formula is C23H22N2O6S. The molecule has 0 atom stereocenters. The molecule has 3 aromatic rings. The predicted octanol–water partition coefficient (Wildman–Crippen LogP) is 3.58. The minimum absolute atomic E-state index is 0.0890. The van der Waals surface area contributed by atoms with E-state index in [-0.39, 0.29) is 17.4 Å². The van der Waals surface area contributed by atoms with Crippen molar-refractivity contribution in [1.82, 2.24) is 0 Å². The van der Waals surface area contributed by atoms with Gasteiger partial charge >= 0.3 is 0 Å². The van der Waals surface area contributed by atoms with Crippen LogP contribution in [0.15, 0.2) is 71.6 Å². The van der Waals surface area contributed by atoms with Gasteiger partial charge in [0.1, 0.15) is 19.0 Å². The lowest BCUT2D eigenvalue weighted by molar-refractivity contribution is -0.118. The first-order chi connectivity index (χ1) is 15.4. The average Bonchev–Trinajstić information content (AvgIpc) is 2.79. The fourth-order valence-electron chi connectivity index (χ4n) is 3.02. The largest absolute Gasteiger partial charge is 0.486 e. The summed E-state index contributed by atoms with van der Waals surface area (Å²) in [5.41, 5.74) is 2.07. The Morgan fingerprint density at radius 2 is 1.56 bits per heavy atom. The highest BCUT2D eigenvalue weighted by molar-refractivity contribution is 7.92. The molecule has 0 aliphatic carbocycles. The fraction of sp³-hybridized carbons (Fsp3) is 0.174. The Balaban J connectivity index is 1.32. The molecule has 8 nitrogen and oxygen atoms in total. The van der Waals surface area contributed by atoms with Gasteiger partial charge in [0.15, 0.2) is 18.1 Å². The van der Waals surface area contributed by atoms with E-state index >= 15 is 0 Å². The zero-order valence-corrected chi connectivity index (χ0v) is 18.1. The first kappa shape index (κ1) is 21.5. The van der Waals surface area contributed by atoms with Crippen molar-refractivity contribution in [3.8, 4) is 17.2 Å². The van der Waals surface area contributed by atoms with Crippen molar-refractivity contribution in [2.75, 3.05) is 29.9 Å². The van der Waals surface area contributed by atoms with E-state index in [4.69, 9.17) is 14.2 Å². The van der Waals surface area contributed by atoms with E-state index in [1.54, 1.807) is 30.3 Å². The Labute approximate surface area is 186 Å². The summed E-state index contributed by atoms with van der Waals surface area (Å²) >= 11 is 0. The molecule has 2 N–H and O–H groups in total. The minimum Gasteiger partial charge on any atom is -0.486 e. The normalized spacial score (nSPS) is 12.7. The van der Waals surface area contributed by atoms with Crippen molar-refractivity contribution in [3.63, 3.8) is 0 Å². The summed E-state index contributed by atoms with van der Waals surface area (Å²) in [6.07, 6.45) is 0. The number of amides is 1. The van der Waals surface area contributed by atoms with Crippen LogP contribution in [0.1, 0.15) is 5.56 Å². The molecule has 32 heavy (non-hydrogen) atoms. The lowest BCUT2D eigenvalue weighted by Gasteiger charge is -2.19. The lowest BCUT2D eigenvalue weighted by atomic mass is 10.2. The topological polar surface area (TPSA) is 103 Å². The molecule has 0 spiro atoms. The maximum atomic E-state index is 12.5. The molecule has 9 heteroatoms. The molecule has 1 heterocycles. The summed E-state index contributed by atoms with van der Waals surface area (Å²) in [6.45, 7) is 2.64. The molecule has 3 aromatic carbocycles. The monoisotopic (exact) mass is 454 g/mol. The van der Waals surface area contributed by atoms with Gasteiger partial charge in [0.05, 0.1) is 4.90 Å². The number of benzene rings is 3. The van der Waals surface area contributed by atoms with Crippen LogP contribution < -0.4 is 24.2 Å². The van der Waals surface area contributed by atoms with Crippen LogP contribution in [0.25, 0.3) is 0 Å². The second-order valence-corrected chi connectivity index (χ2v) is 8.82. The van der Waals surface area contributed by atoms with Crippen molar-refractivity contribution in [2.24, 2.45) is 0 Å². The van der Waals surface area contributed by atoms with Gasteiger partial charge in [-0.15, -0.1) is 0 Å². The molecule has 1 aliphatic rings. The van der Waals surface area contributed by atoms with Crippen LogP contribution in [0.2, 0.25) is 0 Å². The number of ether oxygens (including phenoxy) is 3. The van der Waals surface area contributed by atoms with Gasteiger partial charge in [-0.1, -0.05) is 17.7 Å². The third-order valence-corrected chi connectivity index (χ3v) is 6.03. The van der Waals surface area contributed by atoms with Gasteiger partial charge in [-0.05, 0) is 55.5 Å². The van der Waals surface area contributed by atoms with Crippen molar-refractivity contribution in [3.05, 3.63) is 72.3 Å². The van der Waals surface area contributed by atoms with E-state index in [1.807, 2.05) is 19.1 Å². The smallest absolute Gasteiger partial charge is 0.262 e. The first-order valence-corrected chi connectivity index (χ1v) is 11.4. The van der Waals surface area contributed by atoms with Gasteiger partial charge in [-0.2, -0.15) is 0 Å². The maximum absolute atomic E-state index is 12.5. The lowest BCUT2D eigenvalue weighted by Crippen LogP contribution is -2.21. The molecule has 1 aliphatic heterocycles. The number of carbonyl (C=O) groups is 1. The first-order valence-electron chi connectivity index (χ1n) is 9.91. The van der Waals surface area contributed by atoms with Crippen molar-refractivity contribution in [1.29, 1.82) is 0 Å². The highest BCUT2D eigenvalue weighted by Gasteiger charge is 2.15. The summed E-state index contributed by atoms with van der Waals surface area (Å²) in [7, 11) is -3.73. The number of nitrogens with one attached hydrogen (secondary N) is 2. The van der Waals surface area contributed by atoms with Gasteiger partial charge in [0.2, 0.25) is 0 Å². The quantitative estimate of drug-likeness (QED) is 0.566. The number of rotatable bonds is 7. The van der Waals surface area contributed by atoms with E-state index in [0.717, 1.165) is 5.56 Å². The SMILES string of the molecule is Cc1ccc(NS(=O)(=O)c2ccc(OCC(=O)Nc3ccc4c(c3)OCCO4)cc2)cc1. The van der Waals surface area contributed by atoms with Crippen LogP contribution in [-0.4, -0.2) is 34.1 Å². The molecule has 166 valence electrons. The van der Waals surface area contributed by atoms with Gasteiger partial charge < -0.3 is 19.5 Å². The number of hydrogen-bond donors (Lipinski definition) is 2. The number of aryl methyl sites for hydroxylation is 1. The number of anilines is 2. The highest BCUT2D eigenvalue weighted by atomic mass is 32.2. The molecule has 0 aromatic heterocycles. The Morgan fingerprint density at radius 1 is 0.906 bits per heavy atom. The van der Waals surface area contributed by atoms with Crippen LogP contribution >= 0.6 is 0 Å². The highest BCUT2D eigenvalue weighted by Crippen LogP contribution is 2.32. The Hall–Kier alpha value is -3.72.